The van der Waals surface area contributed by atoms with Crippen LogP contribution < -0.4 is 5.32 Å². The van der Waals surface area contributed by atoms with Gasteiger partial charge in [-0.05, 0) is 44.4 Å². The van der Waals surface area contributed by atoms with Gasteiger partial charge in [0.25, 0.3) is 0 Å². The summed E-state index contributed by atoms with van der Waals surface area (Å²) >= 11 is 7.38. The van der Waals surface area contributed by atoms with E-state index in [1.807, 2.05) is 38.1 Å². The molecule has 1 aliphatic carbocycles. The van der Waals surface area contributed by atoms with Gasteiger partial charge in [-0.3, -0.25) is 4.79 Å². The van der Waals surface area contributed by atoms with Crippen LogP contribution in [0.2, 0.25) is 5.02 Å². The molecular formula is C19H25ClN4OS. The first kappa shape index (κ1) is 19.2. The summed E-state index contributed by atoms with van der Waals surface area (Å²) in [5, 5.41) is 12.9. The predicted octanol–water partition coefficient (Wildman–Crippen LogP) is 4.54. The fraction of sp³-hybridized carbons (Fsp3) is 0.526. The van der Waals surface area contributed by atoms with Gasteiger partial charge in [-0.25, -0.2) is 0 Å². The number of hydrogen-bond donors (Lipinski definition) is 1. The topological polar surface area (TPSA) is 59.8 Å². The predicted molar refractivity (Wildman–Crippen MR) is 105 cm³/mol. The first-order valence-electron chi connectivity index (χ1n) is 9.15. The Morgan fingerprint density at radius 1 is 1.27 bits per heavy atom. The zero-order chi connectivity index (χ0) is 18.5. The molecule has 3 rings (SSSR count). The monoisotopic (exact) mass is 392 g/mol. The number of benzene rings is 1. The van der Waals surface area contributed by atoms with Crippen LogP contribution in [0.5, 0.6) is 0 Å². The number of aromatic nitrogens is 3. The van der Waals surface area contributed by atoms with E-state index in [2.05, 4.69) is 20.1 Å². The van der Waals surface area contributed by atoms with Crippen LogP contribution in [0.4, 0.5) is 0 Å². The molecule has 0 spiro atoms. The highest BCUT2D eigenvalue weighted by Gasteiger charge is 2.24. The van der Waals surface area contributed by atoms with Crippen molar-refractivity contribution < 1.29 is 4.79 Å². The van der Waals surface area contributed by atoms with E-state index in [9.17, 15) is 4.79 Å². The SMILES string of the molecule is Cc1nnc(SC(C)C(=O)NCc2ccc(Cl)cc2)n1C1CCCCC1. The van der Waals surface area contributed by atoms with Crippen molar-refractivity contribution in [2.24, 2.45) is 0 Å². The van der Waals surface area contributed by atoms with Crippen LogP contribution in [0.25, 0.3) is 0 Å². The van der Waals surface area contributed by atoms with Gasteiger partial charge in [0.1, 0.15) is 5.82 Å². The summed E-state index contributed by atoms with van der Waals surface area (Å²) in [4.78, 5) is 12.5. The maximum absolute atomic E-state index is 12.5. The number of halogens is 1. The molecule has 1 amide bonds. The second-order valence-corrected chi connectivity index (χ2v) is 8.54. The average molecular weight is 393 g/mol. The summed E-state index contributed by atoms with van der Waals surface area (Å²) in [6.07, 6.45) is 6.16. The quantitative estimate of drug-likeness (QED) is 0.733. The number of aryl methyl sites for hydroxylation is 1. The van der Waals surface area contributed by atoms with Crippen LogP contribution in [0.15, 0.2) is 29.4 Å². The Hall–Kier alpha value is -1.53. The molecule has 140 valence electrons. The lowest BCUT2D eigenvalue weighted by Crippen LogP contribution is -2.30. The minimum Gasteiger partial charge on any atom is -0.351 e. The van der Waals surface area contributed by atoms with Crippen molar-refractivity contribution in [1.82, 2.24) is 20.1 Å². The smallest absolute Gasteiger partial charge is 0.233 e. The molecule has 5 nitrogen and oxygen atoms in total. The third-order valence-corrected chi connectivity index (χ3v) is 6.12. The van der Waals surface area contributed by atoms with Crippen molar-refractivity contribution in [2.75, 3.05) is 0 Å². The first-order chi connectivity index (χ1) is 12.5. The summed E-state index contributed by atoms with van der Waals surface area (Å²) < 4.78 is 2.23. The Labute approximate surface area is 163 Å². The van der Waals surface area contributed by atoms with Crippen LogP contribution in [0.1, 0.15) is 56.5 Å². The maximum atomic E-state index is 12.5. The summed E-state index contributed by atoms with van der Waals surface area (Å²) in [5.74, 6) is 0.939. The number of carbonyl (C=O) groups excluding carboxylic acids is 1. The summed E-state index contributed by atoms with van der Waals surface area (Å²) in [7, 11) is 0. The number of carbonyl (C=O) groups is 1. The van der Waals surface area contributed by atoms with Crippen LogP contribution in [0, 0.1) is 6.92 Å². The molecule has 1 atom stereocenters. The van der Waals surface area contributed by atoms with Gasteiger partial charge in [0.2, 0.25) is 5.91 Å². The van der Waals surface area contributed by atoms with E-state index >= 15 is 0 Å². The van der Waals surface area contributed by atoms with Crippen LogP contribution in [-0.4, -0.2) is 25.9 Å². The lowest BCUT2D eigenvalue weighted by Gasteiger charge is -2.25. The molecule has 2 aromatic rings. The molecule has 0 saturated heterocycles. The van der Waals surface area contributed by atoms with Crippen molar-refractivity contribution in [3.63, 3.8) is 0 Å². The molecule has 1 heterocycles. The number of nitrogens with zero attached hydrogens (tertiary/aromatic N) is 3. The molecule has 1 aromatic carbocycles. The van der Waals surface area contributed by atoms with Gasteiger partial charge in [-0.1, -0.05) is 54.8 Å². The molecule has 7 heteroatoms. The molecule has 1 aromatic heterocycles. The third-order valence-electron chi connectivity index (χ3n) is 4.81. The van der Waals surface area contributed by atoms with Crippen molar-refractivity contribution in [3.05, 3.63) is 40.7 Å². The number of hydrogen-bond acceptors (Lipinski definition) is 4. The Morgan fingerprint density at radius 3 is 2.65 bits per heavy atom. The lowest BCUT2D eigenvalue weighted by atomic mass is 9.95. The fourth-order valence-electron chi connectivity index (χ4n) is 3.34. The van der Waals surface area contributed by atoms with Crippen molar-refractivity contribution >= 4 is 29.3 Å². The van der Waals surface area contributed by atoms with Crippen molar-refractivity contribution in [3.8, 4) is 0 Å². The first-order valence-corrected chi connectivity index (χ1v) is 10.4. The second kappa shape index (κ2) is 8.91. The highest BCUT2D eigenvalue weighted by atomic mass is 35.5. The number of rotatable bonds is 6. The second-order valence-electron chi connectivity index (χ2n) is 6.80. The molecule has 26 heavy (non-hydrogen) atoms. The highest BCUT2D eigenvalue weighted by molar-refractivity contribution is 8.00. The van der Waals surface area contributed by atoms with E-state index in [0.29, 0.717) is 17.6 Å². The number of nitrogens with one attached hydrogen (secondary N) is 1. The van der Waals surface area contributed by atoms with E-state index in [4.69, 9.17) is 11.6 Å². The molecule has 1 fully saturated rings. The van der Waals surface area contributed by atoms with Crippen LogP contribution in [0.3, 0.4) is 0 Å². The molecule has 0 radical (unpaired) electrons. The molecule has 1 unspecified atom stereocenters. The van der Waals surface area contributed by atoms with E-state index in [-0.39, 0.29) is 11.2 Å². The maximum Gasteiger partial charge on any atom is 0.233 e. The van der Waals surface area contributed by atoms with Crippen LogP contribution >= 0.6 is 23.4 Å². The molecule has 0 aliphatic heterocycles. The van der Waals surface area contributed by atoms with Crippen LogP contribution in [-0.2, 0) is 11.3 Å². The highest BCUT2D eigenvalue weighted by Crippen LogP contribution is 2.33. The van der Waals surface area contributed by atoms with Crippen molar-refractivity contribution in [1.29, 1.82) is 0 Å². The summed E-state index contributed by atoms with van der Waals surface area (Å²) in [6, 6.07) is 7.96. The minimum absolute atomic E-state index is 0.000738. The summed E-state index contributed by atoms with van der Waals surface area (Å²) in [5.41, 5.74) is 1.03. The Bertz CT molecular complexity index is 740. The van der Waals surface area contributed by atoms with E-state index in [1.165, 1.54) is 43.9 Å². The largest absolute Gasteiger partial charge is 0.351 e. The number of amides is 1. The van der Waals surface area contributed by atoms with Crippen molar-refractivity contribution in [2.45, 2.75) is 68.9 Å². The summed E-state index contributed by atoms with van der Waals surface area (Å²) in [6.45, 7) is 4.41. The van der Waals surface area contributed by atoms with Gasteiger partial charge in [0, 0.05) is 17.6 Å². The van der Waals surface area contributed by atoms with Gasteiger partial charge < -0.3 is 9.88 Å². The van der Waals surface area contributed by atoms with Gasteiger partial charge in [-0.2, -0.15) is 0 Å². The molecule has 1 aliphatic rings. The van der Waals surface area contributed by atoms with Gasteiger partial charge >= 0.3 is 0 Å². The van der Waals surface area contributed by atoms with Gasteiger partial charge in [0.05, 0.1) is 5.25 Å². The zero-order valence-electron chi connectivity index (χ0n) is 15.2. The van der Waals surface area contributed by atoms with E-state index in [1.54, 1.807) is 0 Å². The Balaban J connectivity index is 1.59. The Kier molecular flexibility index (Phi) is 6.59. The zero-order valence-corrected chi connectivity index (χ0v) is 16.8. The average Bonchev–Trinajstić information content (AvgIpc) is 3.01. The molecule has 1 saturated carbocycles. The molecule has 1 N–H and O–H groups in total. The minimum atomic E-state index is -0.228. The van der Waals surface area contributed by atoms with Gasteiger partial charge in [0.15, 0.2) is 5.16 Å². The molecular weight excluding hydrogens is 368 g/mol. The molecule has 0 bridgehead atoms. The van der Waals surface area contributed by atoms with E-state index in [0.717, 1.165) is 16.5 Å². The third kappa shape index (κ3) is 4.80. The number of thioether (sulfide) groups is 1. The fourth-order valence-corrected chi connectivity index (χ4v) is 4.45. The van der Waals surface area contributed by atoms with E-state index < -0.39 is 0 Å². The standard InChI is InChI=1S/C19H25ClN4OS/c1-13(18(25)21-12-15-8-10-16(20)11-9-15)26-19-23-22-14(2)24(19)17-6-4-3-5-7-17/h8-11,13,17H,3-7,12H2,1-2H3,(H,21,25). The Morgan fingerprint density at radius 2 is 1.96 bits per heavy atom. The normalized spacial score (nSPS) is 16.4. The lowest BCUT2D eigenvalue weighted by molar-refractivity contribution is -0.120. The van der Waals surface area contributed by atoms with Gasteiger partial charge in [-0.15, -0.1) is 10.2 Å².